The highest BCUT2D eigenvalue weighted by atomic mass is 16.5. The van der Waals surface area contributed by atoms with Crippen LogP contribution >= 0.6 is 0 Å². The predicted octanol–water partition coefficient (Wildman–Crippen LogP) is 8.92. The highest BCUT2D eigenvalue weighted by molar-refractivity contribution is 5.65. The van der Waals surface area contributed by atoms with Crippen molar-refractivity contribution >= 4 is 0 Å². The van der Waals surface area contributed by atoms with Gasteiger partial charge in [-0.1, -0.05) is 78.9 Å². The van der Waals surface area contributed by atoms with Gasteiger partial charge in [0.05, 0.1) is 37.6 Å². The van der Waals surface area contributed by atoms with Crippen molar-refractivity contribution in [1.82, 2.24) is 4.98 Å². The molecule has 0 saturated heterocycles. The zero-order valence-corrected chi connectivity index (χ0v) is 26.7. The maximum absolute atomic E-state index is 9.46. The van der Waals surface area contributed by atoms with Crippen molar-refractivity contribution in [3.05, 3.63) is 126 Å². The number of hydrogen-bond acceptors (Lipinski definition) is 7. The maximum Gasteiger partial charge on any atom is 0.222 e. The molecule has 4 aromatic carbocycles. The molecule has 0 aliphatic heterocycles. The molecule has 0 radical (unpaired) electrons. The summed E-state index contributed by atoms with van der Waals surface area (Å²) in [4.78, 5) is 4.53. The topological polar surface area (TPSA) is 90.3 Å². The van der Waals surface area contributed by atoms with Crippen LogP contribution in [-0.4, -0.2) is 40.6 Å². The second kappa shape index (κ2) is 15.7. The Kier molecular flexibility index (Phi) is 11.2. The lowest BCUT2D eigenvalue weighted by Gasteiger charge is -2.15. The Morgan fingerprint density at radius 3 is 1.13 bits per heavy atom. The Morgan fingerprint density at radius 1 is 0.478 bits per heavy atom. The number of aliphatic hydroxyl groups is 2. The van der Waals surface area contributed by atoms with E-state index in [0.717, 1.165) is 33.4 Å². The van der Waals surface area contributed by atoms with Gasteiger partial charge in [0.25, 0.3) is 0 Å². The average molecular weight is 620 g/mol. The molecule has 238 valence electrons. The first kappa shape index (κ1) is 32.9. The molecule has 1 aromatic heterocycles. The van der Waals surface area contributed by atoms with Gasteiger partial charge in [-0.3, -0.25) is 0 Å². The number of pyridine rings is 1. The number of ether oxygens (including phenoxy) is 4. The normalized spacial score (nSPS) is 13.9. The standard InChI is InChI=1S/C39H41NO6/c1-26(41)24-43-28(3)30-8-12-32(13-9-30)34-16-20-36(21-17-34)45-38-6-5-7-39(40-38)46-37-22-18-35(19-23-37)33-14-10-31(11-15-33)29(4)44-25-27(2)42/h5-23,26-29,41-42H,24-25H2,1-4H3. The van der Waals surface area contributed by atoms with Crippen LogP contribution in [0.3, 0.4) is 0 Å². The second-order valence-corrected chi connectivity index (χ2v) is 11.5. The van der Waals surface area contributed by atoms with E-state index in [-0.39, 0.29) is 12.2 Å². The minimum absolute atomic E-state index is 0.0902. The van der Waals surface area contributed by atoms with Crippen LogP contribution in [0.2, 0.25) is 0 Å². The fourth-order valence-electron chi connectivity index (χ4n) is 4.83. The predicted molar refractivity (Wildman–Crippen MR) is 180 cm³/mol. The van der Waals surface area contributed by atoms with Gasteiger partial charge >= 0.3 is 0 Å². The molecule has 0 aliphatic rings. The summed E-state index contributed by atoms with van der Waals surface area (Å²) >= 11 is 0. The van der Waals surface area contributed by atoms with Crippen molar-refractivity contribution in [1.29, 1.82) is 0 Å². The van der Waals surface area contributed by atoms with Crippen LogP contribution in [0.4, 0.5) is 0 Å². The highest BCUT2D eigenvalue weighted by Crippen LogP contribution is 2.30. The summed E-state index contributed by atoms with van der Waals surface area (Å²) < 4.78 is 23.5. The summed E-state index contributed by atoms with van der Waals surface area (Å²) in [7, 11) is 0. The Bertz CT molecular complexity index is 1530. The molecule has 2 N–H and O–H groups in total. The molecule has 0 spiro atoms. The van der Waals surface area contributed by atoms with Crippen LogP contribution < -0.4 is 9.47 Å². The molecule has 4 atom stereocenters. The van der Waals surface area contributed by atoms with E-state index in [0.29, 0.717) is 36.5 Å². The molecule has 0 fully saturated rings. The lowest BCUT2D eigenvalue weighted by atomic mass is 10.0. The van der Waals surface area contributed by atoms with Crippen LogP contribution in [0, 0.1) is 0 Å². The van der Waals surface area contributed by atoms with Gasteiger partial charge in [0.15, 0.2) is 0 Å². The van der Waals surface area contributed by atoms with Crippen molar-refractivity contribution in [2.45, 2.75) is 52.1 Å². The van der Waals surface area contributed by atoms with Gasteiger partial charge in [-0.05, 0) is 85.3 Å². The van der Waals surface area contributed by atoms with Gasteiger partial charge in [0.2, 0.25) is 11.8 Å². The molecule has 4 unspecified atom stereocenters. The van der Waals surface area contributed by atoms with Crippen LogP contribution in [0.25, 0.3) is 22.3 Å². The molecule has 1 heterocycles. The van der Waals surface area contributed by atoms with Crippen molar-refractivity contribution in [3.63, 3.8) is 0 Å². The first-order valence-corrected chi connectivity index (χ1v) is 15.6. The number of aromatic nitrogens is 1. The molecule has 0 bridgehead atoms. The van der Waals surface area contributed by atoms with E-state index < -0.39 is 12.2 Å². The first-order chi connectivity index (χ1) is 22.2. The SMILES string of the molecule is CC(O)COC(C)c1ccc(-c2ccc(Oc3cccc(Oc4ccc(-c5ccc(C(C)OCC(C)O)cc5)cc4)n3)cc2)cc1. The lowest BCUT2D eigenvalue weighted by Crippen LogP contribution is -2.12. The van der Waals surface area contributed by atoms with Gasteiger partial charge < -0.3 is 29.2 Å². The summed E-state index contributed by atoms with van der Waals surface area (Å²) in [5, 5.41) is 18.9. The van der Waals surface area contributed by atoms with E-state index in [1.165, 1.54) is 0 Å². The Balaban J connectivity index is 1.16. The highest BCUT2D eigenvalue weighted by Gasteiger charge is 2.10. The Hall–Kier alpha value is -4.53. The fourth-order valence-corrected chi connectivity index (χ4v) is 4.83. The van der Waals surface area contributed by atoms with E-state index >= 15 is 0 Å². The summed E-state index contributed by atoms with van der Waals surface area (Å²) in [5.74, 6) is 2.21. The van der Waals surface area contributed by atoms with Gasteiger partial charge in [-0.15, -0.1) is 0 Å². The van der Waals surface area contributed by atoms with Crippen molar-refractivity contribution < 1.29 is 29.2 Å². The summed E-state index contributed by atoms with van der Waals surface area (Å²) in [6.07, 6.45) is -1.15. The van der Waals surface area contributed by atoms with Gasteiger partial charge in [0.1, 0.15) is 11.5 Å². The fraction of sp³-hybridized carbons (Fsp3) is 0.256. The smallest absolute Gasteiger partial charge is 0.222 e. The van der Waals surface area contributed by atoms with Crippen molar-refractivity contribution in [3.8, 4) is 45.5 Å². The molecule has 7 nitrogen and oxygen atoms in total. The third-order valence-electron chi connectivity index (χ3n) is 7.45. The zero-order valence-electron chi connectivity index (χ0n) is 26.7. The third-order valence-corrected chi connectivity index (χ3v) is 7.45. The van der Waals surface area contributed by atoms with Crippen molar-refractivity contribution in [2.75, 3.05) is 13.2 Å². The van der Waals surface area contributed by atoms with E-state index in [9.17, 15) is 10.2 Å². The van der Waals surface area contributed by atoms with E-state index in [1.54, 1.807) is 26.0 Å². The molecule has 46 heavy (non-hydrogen) atoms. The van der Waals surface area contributed by atoms with E-state index in [4.69, 9.17) is 18.9 Å². The monoisotopic (exact) mass is 619 g/mol. The van der Waals surface area contributed by atoms with Gasteiger partial charge in [-0.2, -0.15) is 4.98 Å². The number of aliphatic hydroxyl groups excluding tert-OH is 2. The third kappa shape index (κ3) is 9.25. The van der Waals surface area contributed by atoms with E-state index in [1.807, 2.05) is 92.7 Å². The molecule has 5 rings (SSSR count). The van der Waals surface area contributed by atoms with Crippen molar-refractivity contribution in [2.24, 2.45) is 0 Å². The van der Waals surface area contributed by atoms with Gasteiger partial charge in [-0.25, -0.2) is 0 Å². The molecule has 0 amide bonds. The summed E-state index contributed by atoms with van der Waals surface area (Å²) in [5.41, 5.74) is 6.43. The molecule has 0 saturated carbocycles. The Labute approximate surface area is 271 Å². The summed E-state index contributed by atoms with van der Waals surface area (Å²) in [6, 6.07) is 37.6. The average Bonchev–Trinajstić information content (AvgIpc) is 3.07. The second-order valence-electron chi connectivity index (χ2n) is 11.5. The van der Waals surface area contributed by atoms with Gasteiger partial charge in [0, 0.05) is 12.1 Å². The maximum atomic E-state index is 9.46. The molecule has 0 aliphatic carbocycles. The quantitative estimate of drug-likeness (QED) is 0.128. The first-order valence-electron chi connectivity index (χ1n) is 15.6. The van der Waals surface area contributed by atoms with Crippen LogP contribution in [0.15, 0.2) is 115 Å². The van der Waals surface area contributed by atoms with Crippen LogP contribution in [-0.2, 0) is 9.47 Å². The minimum Gasteiger partial charge on any atom is -0.439 e. The number of rotatable bonds is 14. The van der Waals surface area contributed by atoms with E-state index in [2.05, 4.69) is 29.2 Å². The number of benzene rings is 4. The lowest BCUT2D eigenvalue weighted by molar-refractivity contribution is 0.00449. The molecule has 5 aromatic rings. The molecular weight excluding hydrogens is 578 g/mol. The van der Waals surface area contributed by atoms with Crippen LogP contribution in [0.5, 0.6) is 23.3 Å². The molecule has 7 heteroatoms. The zero-order chi connectivity index (χ0) is 32.5. The number of hydrogen-bond donors (Lipinski definition) is 2. The minimum atomic E-state index is -0.486. The summed E-state index contributed by atoms with van der Waals surface area (Å²) in [6.45, 7) is 8.01. The molecular formula is C39H41NO6. The Morgan fingerprint density at radius 2 is 0.804 bits per heavy atom. The number of nitrogens with zero attached hydrogens (tertiary/aromatic N) is 1. The largest absolute Gasteiger partial charge is 0.439 e. The van der Waals surface area contributed by atoms with Crippen LogP contribution in [0.1, 0.15) is 51.0 Å².